The standard InChI is InChI=1S/C24H25NO/c1-17-11-10-12-18(2)23(17)25-24(26)19(3)22(20-13-6-4-7-14-20)21-15-8-5-9-16-21/h4-16,19,22H,1-3H3,(H,25,26). The van der Waals surface area contributed by atoms with Crippen molar-refractivity contribution >= 4 is 11.6 Å². The molecule has 1 N–H and O–H groups in total. The van der Waals surface area contributed by atoms with Crippen molar-refractivity contribution in [2.24, 2.45) is 5.92 Å². The van der Waals surface area contributed by atoms with Gasteiger partial charge in [-0.05, 0) is 36.1 Å². The van der Waals surface area contributed by atoms with Crippen LogP contribution in [0.4, 0.5) is 5.69 Å². The van der Waals surface area contributed by atoms with Gasteiger partial charge in [0.1, 0.15) is 0 Å². The van der Waals surface area contributed by atoms with Crippen LogP contribution < -0.4 is 5.32 Å². The second-order valence-electron chi connectivity index (χ2n) is 6.84. The van der Waals surface area contributed by atoms with Crippen molar-refractivity contribution in [1.29, 1.82) is 0 Å². The van der Waals surface area contributed by atoms with Crippen LogP contribution in [0.1, 0.15) is 35.1 Å². The number of aryl methyl sites for hydroxylation is 2. The highest BCUT2D eigenvalue weighted by Gasteiger charge is 2.27. The zero-order valence-electron chi connectivity index (χ0n) is 15.6. The van der Waals surface area contributed by atoms with E-state index >= 15 is 0 Å². The van der Waals surface area contributed by atoms with Gasteiger partial charge in [0.15, 0.2) is 0 Å². The first-order valence-electron chi connectivity index (χ1n) is 9.05. The average Bonchev–Trinajstić information content (AvgIpc) is 2.66. The van der Waals surface area contributed by atoms with Gasteiger partial charge in [0.2, 0.25) is 5.91 Å². The summed E-state index contributed by atoms with van der Waals surface area (Å²) >= 11 is 0. The maximum Gasteiger partial charge on any atom is 0.228 e. The summed E-state index contributed by atoms with van der Waals surface area (Å²) in [6.07, 6.45) is 0. The first-order chi connectivity index (χ1) is 12.6. The van der Waals surface area contributed by atoms with Crippen molar-refractivity contribution in [3.8, 4) is 0 Å². The van der Waals surface area contributed by atoms with Crippen LogP contribution >= 0.6 is 0 Å². The minimum absolute atomic E-state index is 0.0155. The number of hydrogen-bond acceptors (Lipinski definition) is 1. The van der Waals surface area contributed by atoms with Crippen LogP contribution in [0.2, 0.25) is 0 Å². The molecule has 0 radical (unpaired) electrons. The molecular weight excluding hydrogens is 318 g/mol. The molecule has 0 bridgehead atoms. The Hall–Kier alpha value is -2.87. The number of nitrogens with one attached hydrogen (secondary N) is 1. The molecule has 0 aliphatic carbocycles. The van der Waals surface area contributed by atoms with Crippen molar-refractivity contribution in [3.63, 3.8) is 0 Å². The van der Waals surface area contributed by atoms with E-state index in [0.717, 1.165) is 27.9 Å². The first-order valence-corrected chi connectivity index (χ1v) is 9.05. The van der Waals surface area contributed by atoms with Crippen LogP contribution in [-0.4, -0.2) is 5.91 Å². The summed E-state index contributed by atoms with van der Waals surface area (Å²) in [5.41, 5.74) is 5.40. The van der Waals surface area contributed by atoms with Gasteiger partial charge in [0.05, 0.1) is 0 Å². The number of benzene rings is 3. The molecule has 2 heteroatoms. The van der Waals surface area contributed by atoms with Gasteiger partial charge in [0.25, 0.3) is 0 Å². The van der Waals surface area contributed by atoms with Crippen molar-refractivity contribution < 1.29 is 4.79 Å². The molecule has 0 aliphatic heterocycles. The first kappa shape index (κ1) is 17.9. The van der Waals surface area contributed by atoms with Crippen molar-refractivity contribution in [3.05, 3.63) is 101 Å². The average molecular weight is 343 g/mol. The molecule has 0 spiro atoms. The molecule has 26 heavy (non-hydrogen) atoms. The lowest BCUT2D eigenvalue weighted by atomic mass is 9.81. The molecule has 0 aliphatic rings. The third-order valence-electron chi connectivity index (χ3n) is 4.96. The van der Waals surface area contributed by atoms with Gasteiger partial charge in [0, 0.05) is 17.5 Å². The Labute approximate surface area is 155 Å². The number of carbonyl (C=O) groups is 1. The van der Waals surface area contributed by atoms with E-state index in [0.29, 0.717) is 0 Å². The third-order valence-corrected chi connectivity index (χ3v) is 4.96. The van der Waals surface area contributed by atoms with Gasteiger partial charge in [-0.3, -0.25) is 4.79 Å². The van der Waals surface area contributed by atoms with Crippen LogP contribution in [0.25, 0.3) is 0 Å². The van der Waals surface area contributed by atoms with E-state index in [1.54, 1.807) is 0 Å². The maximum atomic E-state index is 13.1. The fourth-order valence-corrected chi connectivity index (χ4v) is 3.49. The summed E-state index contributed by atoms with van der Waals surface area (Å²) in [7, 11) is 0. The molecule has 3 aromatic rings. The zero-order valence-corrected chi connectivity index (χ0v) is 15.6. The Balaban J connectivity index is 1.93. The summed E-state index contributed by atoms with van der Waals surface area (Å²) in [5.74, 6) is -0.138. The van der Waals surface area contributed by atoms with Gasteiger partial charge in [-0.15, -0.1) is 0 Å². The van der Waals surface area contributed by atoms with E-state index in [1.807, 2.05) is 75.4 Å². The predicted molar refractivity (Wildman–Crippen MR) is 108 cm³/mol. The van der Waals surface area contributed by atoms with Gasteiger partial charge in [-0.25, -0.2) is 0 Å². The van der Waals surface area contributed by atoms with Crippen LogP contribution in [0.15, 0.2) is 78.9 Å². The van der Waals surface area contributed by atoms with Crippen molar-refractivity contribution in [2.45, 2.75) is 26.7 Å². The zero-order chi connectivity index (χ0) is 18.5. The number of hydrogen-bond donors (Lipinski definition) is 1. The van der Waals surface area contributed by atoms with E-state index in [9.17, 15) is 4.79 Å². The van der Waals surface area contributed by atoms with E-state index in [-0.39, 0.29) is 17.7 Å². The quantitative estimate of drug-likeness (QED) is 0.631. The van der Waals surface area contributed by atoms with E-state index < -0.39 is 0 Å². The molecule has 0 saturated carbocycles. The lowest BCUT2D eigenvalue weighted by molar-refractivity contribution is -0.119. The number of para-hydroxylation sites is 1. The Morgan fingerprint density at radius 2 is 1.19 bits per heavy atom. The Morgan fingerprint density at radius 3 is 1.65 bits per heavy atom. The number of anilines is 1. The molecule has 3 aromatic carbocycles. The number of carbonyl (C=O) groups excluding carboxylic acids is 1. The SMILES string of the molecule is Cc1cccc(C)c1NC(=O)C(C)C(c1ccccc1)c1ccccc1. The van der Waals surface area contributed by atoms with Gasteiger partial charge < -0.3 is 5.32 Å². The lowest BCUT2D eigenvalue weighted by Gasteiger charge is -2.25. The predicted octanol–water partition coefficient (Wildman–Crippen LogP) is 5.71. The Kier molecular flexibility index (Phi) is 5.52. The molecule has 132 valence electrons. The van der Waals surface area contributed by atoms with Crippen molar-refractivity contribution in [2.75, 3.05) is 5.32 Å². The van der Waals surface area contributed by atoms with Crippen LogP contribution in [0.5, 0.6) is 0 Å². The second-order valence-corrected chi connectivity index (χ2v) is 6.84. The van der Waals surface area contributed by atoms with E-state index in [4.69, 9.17) is 0 Å². The normalized spacial score (nSPS) is 12.0. The number of rotatable bonds is 5. The minimum Gasteiger partial charge on any atom is -0.325 e. The third kappa shape index (κ3) is 3.85. The smallest absolute Gasteiger partial charge is 0.228 e. The van der Waals surface area contributed by atoms with E-state index in [1.165, 1.54) is 0 Å². The summed E-state index contributed by atoms with van der Waals surface area (Å²) in [5, 5.41) is 3.16. The van der Waals surface area contributed by atoms with Crippen molar-refractivity contribution in [1.82, 2.24) is 0 Å². The minimum atomic E-state index is -0.196. The fourth-order valence-electron chi connectivity index (χ4n) is 3.49. The largest absolute Gasteiger partial charge is 0.325 e. The molecule has 2 nitrogen and oxygen atoms in total. The van der Waals surface area contributed by atoms with Crippen LogP contribution in [0.3, 0.4) is 0 Å². The highest BCUT2D eigenvalue weighted by Crippen LogP contribution is 2.33. The molecule has 1 unspecified atom stereocenters. The fraction of sp³-hybridized carbons (Fsp3) is 0.208. The highest BCUT2D eigenvalue weighted by molar-refractivity contribution is 5.94. The maximum absolute atomic E-state index is 13.1. The second kappa shape index (κ2) is 8.01. The highest BCUT2D eigenvalue weighted by atomic mass is 16.1. The van der Waals surface area contributed by atoms with E-state index in [2.05, 4.69) is 29.6 Å². The van der Waals surface area contributed by atoms with Gasteiger partial charge in [-0.1, -0.05) is 85.8 Å². The lowest BCUT2D eigenvalue weighted by Crippen LogP contribution is -2.27. The van der Waals surface area contributed by atoms with Gasteiger partial charge in [-0.2, -0.15) is 0 Å². The summed E-state index contributed by atoms with van der Waals surface area (Å²) in [4.78, 5) is 13.1. The molecule has 0 heterocycles. The molecule has 0 aromatic heterocycles. The Morgan fingerprint density at radius 1 is 0.731 bits per heavy atom. The van der Waals surface area contributed by atoms with Gasteiger partial charge >= 0.3 is 0 Å². The Bertz CT molecular complexity index is 811. The molecule has 1 amide bonds. The molecule has 0 saturated heterocycles. The summed E-state index contributed by atoms with van der Waals surface area (Å²) in [6.45, 7) is 6.06. The number of amides is 1. The summed E-state index contributed by atoms with van der Waals surface area (Å²) < 4.78 is 0. The summed E-state index contributed by atoms with van der Waals surface area (Å²) in [6, 6.07) is 26.6. The van der Waals surface area contributed by atoms with Crippen LogP contribution in [-0.2, 0) is 4.79 Å². The molecule has 1 atom stereocenters. The van der Waals surface area contributed by atoms with Crippen LogP contribution in [0, 0.1) is 19.8 Å². The topological polar surface area (TPSA) is 29.1 Å². The molecule has 0 fully saturated rings. The molecule has 3 rings (SSSR count). The molecular formula is C24H25NO. The monoisotopic (exact) mass is 343 g/mol.